The number of allylic oxidation sites excluding steroid dienone is 4. The van der Waals surface area contributed by atoms with Crippen molar-refractivity contribution in [1.82, 2.24) is 9.80 Å². The predicted molar refractivity (Wildman–Crippen MR) is 250 cm³/mol. The fourth-order valence-corrected chi connectivity index (χ4v) is 9.34. The average molecular weight is 877 g/mol. The molecule has 3 atom stereocenters. The third-order valence-corrected chi connectivity index (χ3v) is 12.9. The van der Waals surface area contributed by atoms with Crippen LogP contribution in [-0.4, -0.2) is 84.1 Å². The van der Waals surface area contributed by atoms with E-state index in [0.717, 1.165) is 61.2 Å². The summed E-state index contributed by atoms with van der Waals surface area (Å²) >= 11 is 0. The van der Waals surface area contributed by atoms with Gasteiger partial charge in [0.1, 0.15) is 5.75 Å². The zero-order valence-corrected chi connectivity index (χ0v) is 38.1. The molecule has 11 heteroatoms. The van der Waals surface area contributed by atoms with Crippen LogP contribution in [0.4, 0.5) is 0 Å². The number of ether oxygens (including phenoxy) is 7. The van der Waals surface area contributed by atoms with Crippen LogP contribution < -0.4 is 28.4 Å². The first-order chi connectivity index (χ1) is 31.6. The first kappa shape index (κ1) is 44.8. The van der Waals surface area contributed by atoms with E-state index >= 15 is 0 Å². The summed E-state index contributed by atoms with van der Waals surface area (Å²) in [5.41, 5.74) is 8.51. The average Bonchev–Trinajstić information content (AvgIpc) is 3.32. The largest absolute Gasteiger partial charge is 0.493 e. The number of carbonyl (C=O) groups excluding carboxylic acids is 2. The second kappa shape index (κ2) is 19.5. The molecule has 6 bridgehead atoms. The van der Waals surface area contributed by atoms with Gasteiger partial charge in [-0.05, 0) is 122 Å². The van der Waals surface area contributed by atoms with E-state index in [4.69, 9.17) is 33.2 Å². The minimum absolute atomic E-state index is 0.000437. The highest BCUT2D eigenvalue weighted by Crippen LogP contribution is 2.52. The Morgan fingerprint density at radius 2 is 1.29 bits per heavy atom. The molecule has 0 saturated carbocycles. The van der Waals surface area contributed by atoms with Crippen LogP contribution in [0, 0.1) is 0 Å². The van der Waals surface area contributed by atoms with Gasteiger partial charge in [0.25, 0.3) is 0 Å². The maximum absolute atomic E-state index is 12.1. The molecule has 5 aliphatic rings. The maximum Gasteiger partial charge on any atom is 0.220 e. The molecule has 0 spiro atoms. The van der Waals surface area contributed by atoms with Crippen molar-refractivity contribution in [3.63, 3.8) is 0 Å². The summed E-state index contributed by atoms with van der Waals surface area (Å²) in [5, 5.41) is 0. The van der Waals surface area contributed by atoms with E-state index in [1.807, 2.05) is 48.5 Å². The van der Waals surface area contributed by atoms with Crippen molar-refractivity contribution in [3.05, 3.63) is 166 Å². The van der Waals surface area contributed by atoms with Crippen molar-refractivity contribution in [2.45, 2.75) is 43.7 Å². The molecule has 0 amide bonds. The Morgan fingerprint density at radius 1 is 0.646 bits per heavy atom. The maximum atomic E-state index is 12.1. The highest BCUT2D eigenvalue weighted by atomic mass is 16.5. The molecule has 65 heavy (non-hydrogen) atoms. The molecule has 5 aromatic rings. The van der Waals surface area contributed by atoms with Crippen LogP contribution in [0.5, 0.6) is 46.0 Å². The van der Waals surface area contributed by atoms with Gasteiger partial charge < -0.3 is 33.2 Å². The fraction of sp³-hybridized carbons (Fsp3) is 0.296. The molecule has 0 fully saturated rings. The third kappa shape index (κ3) is 9.12. The topological polar surface area (TPSA) is 105 Å². The van der Waals surface area contributed by atoms with Crippen LogP contribution in [0.15, 0.2) is 127 Å². The van der Waals surface area contributed by atoms with E-state index in [2.05, 4.69) is 72.9 Å². The summed E-state index contributed by atoms with van der Waals surface area (Å²) in [4.78, 5) is 28.6. The minimum atomic E-state index is -0.292. The van der Waals surface area contributed by atoms with Crippen molar-refractivity contribution >= 4 is 11.6 Å². The lowest BCUT2D eigenvalue weighted by molar-refractivity contribution is -0.117. The van der Waals surface area contributed by atoms with E-state index in [0.29, 0.717) is 45.8 Å². The molecule has 0 N–H and O–H groups in total. The van der Waals surface area contributed by atoms with Crippen molar-refractivity contribution in [3.8, 4) is 46.0 Å². The summed E-state index contributed by atoms with van der Waals surface area (Å²) in [5.74, 6) is 4.69. The third-order valence-electron chi connectivity index (χ3n) is 12.9. The predicted octanol–water partition coefficient (Wildman–Crippen LogP) is 9.73. The number of hydrogen-bond donors (Lipinski definition) is 0. The molecular weight excluding hydrogens is 821 g/mol. The molecule has 4 aliphatic heterocycles. The quantitative estimate of drug-likeness (QED) is 0.110. The van der Waals surface area contributed by atoms with E-state index in [-0.39, 0.29) is 35.3 Å². The Hall–Kier alpha value is -6.82. The summed E-state index contributed by atoms with van der Waals surface area (Å²) in [7, 11) is 12.5. The molecule has 10 rings (SSSR count). The van der Waals surface area contributed by atoms with Crippen LogP contribution in [0.25, 0.3) is 0 Å². The summed E-state index contributed by atoms with van der Waals surface area (Å²) in [6.07, 6.45) is 7.60. The standard InChI is InChI=1S/C38H42N2O6.C16H14O3/c1-39-15-13-25-20-32(42-4)34-22-28(25)29(39)17-23-7-10-27(11-8-23)45-33-19-24(9-12-31(33)41-3)18-30-36-26(14-16-40(30)2)21-35(43-5)37(44-6)38(36)46-34;1-3-12(11-7-5-4-6-8-11)13-9-15(18)16(19-2)10-14(13)17/h7-12,19-22,29-30H,13-18H2,1-6H3;3-10,12H,1H2,2H3. The zero-order chi connectivity index (χ0) is 45.8. The molecule has 5 aromatic carbocycles. The molecule has 4 heterocycles. The number of rotatable bonds is 8. The lowest BCUT2D eigenvalue weighted by Gasteiger charge is -2.37. The molecule has 1 aliphatic carbocycles. The Bertz CT molecular complexity index is 2650. The van der Waals surface area contributed by atoms with Crippen molar-refractivity contribution in [2.75, 3.05) is 62.7 Å². The Balaban J connectivity index is 0.000000254. The number of ketones is 2. The molecule has 0 radical (unpaired) electrons. The zero-order valence-electron chi connectivity index (χ0n) is 38.1. The highest BCUT2D eigenvalue weighted by Gasteiger charge is 2.35. The summed E-state index contributed by atoms with van der Waals surface area (Å²) in [6, 6.07) is 30.7. The normalized spacial score (nSPS) is 18.4. The number of carbonyl (C=O) groups is 2. The van der Waals surface area contributed by atoms with Gasteiger partial charge in [0.2, 0.25) is 11.5 Å². The molecule has 11 nitrogen and oxygen atoms in total. The monoisotopic (exact) mass is 876 g/mol. The lowest BCUT2D eigenvalue weighted by Crippen LogP contribution is -2.34. The summed E-state index contributed by atoms with van der Waals surface area (Å²) in [6.45, 7) is 5.61. The van der Waals surface area contributed by atoms with E-state index in [1.165, 1.54) is 41.5 Å². The van der Waals surface area contributed by atoms with Crippen LogP contribution >= 0.6 is 0 Å². The van der Waals surface area contributed by atoms with Crippen LogP contribution in [0.2, 0.25) is 0 Å². The van der Waals surface area contributed by atoms with Crippen LogP contribution in [0.3, 0.4) is 0 Å². The van der Waals surface area contributed by atoms with E-state index < -0.39 is 0 Å². The molecule has 0 saturated heterocycles. The molecule has 3 unspecified atom stereocenters. The lowest BCUT2D eigenvalue weighted by atomic mass is 9.85. The fourth-order valence-electron chi connectivity index (χ4n) is 9.34. The van der Waals surface area contributed by atoms with E-state index in [1.54, 1.807) is 34.5 Å². The number of likely N-dealkylation sites (N-methyl/N-ethyl adjacent to an activating group) is 2. The number of benzene rings is 5. The van der Waals surface area contributed by atoms with Crippen LogP contribution in [-0.2, 0) is 40.0 Å². The number of fused-ring (bicyclic) bond motifs is 2. The number of hydrogen-bond acceptors (Lipinski definition) is 11. The van der Waals surface area contributed by atoms with Gasteiger partial charge in [-0.1, -0.05) is 54.6 Å². The van der Waals surface area contributed by atoms with E-state index in [9.17, 15) is 9.59 Å². The van der Waals surface area contributed by atoms with Crippen molar-refractivity contribution in [1.29, 1.82) is 0 Å². The van der Waals surface area contributed by atoms with Gasteiger partial charge in [-0.2, -0.15) is 0 Å². The van der Waals surface area contributed by atoms with Gasteiger partial charge >= 0.3 is 0 Å². The highest BCUT2D eigenvalue weighted by molar-refractivity contribution is 6.19. The Morgan fingerprint density at radius 3 is 1.97 bits per heavy atom. The van der Waals surface area contributed by atoms with Gasteiger partial charge in [-0.15, -0.1) is 6.58 Å². The first-order valence-corrected chi connectivity index (χ1v) is 21.8. The van der Waals surface area contributed by atoms with Crippen molar-refractivity contribution < 1.29 is 42.7 Å². The Kier molecular flexibility index (Phi) is 13.4. The van der Waals surface area contributed by atoms with Gasteiger partial charge in [-0.25, -0.2) is 0 Å². The second-order valence-electron chi connectivity index (χ2n) is 16.6. The number of methoxy groups -OCH3 is 5. The Labute approximate surface area is 381 Å². The van der Waals surface area contributed by atoms with Crippen molar-refractivity contribution in [2.24, 2.45) is 0 Å². The second-order valence-corrected chi connectivity index (χ2v) is 16.6. The summed E-state index contributed by atoms with van der Waals surface area (Å²) < 4.78 is 42.0. The smallest absolute Gasteiger partial charge is 0.220 e. The molecule has 0 aromatic heterocycles. The van der Waals surface area contributed by atoms with Crippen LogP contribution in [0.1, 0.15) is 56.9 Å². The van der Waals surface area contributed by atoms with Gasteiger partial charge in [0.15, 0.2) is 46.0 Å². The van der Waals surface area contributed by atoms with Gasteiger partial charge in [0, 0.05) is 48.3 Å². The number of nitrogens with zero attached hydrogens (tertiary/aromatic N) is 2. The van der Waals surface area contributed by atoms with Gasteiger partial charge in [-0.3, -0.25) is 19.4 Å². The van der Waals surface area contributed by atoms with Gasteiger partial charge in [0.05, 0.1) is 35.5 Å². The first-order valence-electron chi connectivity index (χ1n) is 21.8. The SMILES string of the molecule is C=CC(C1=CC(=O)C(OC)=CC1=O)c1ccccc1.COc1ccc2cc1Oc1ccc(cc1)CC1c3cc(c(OC)cc3CCN1C)Oc1c(OC)c(OC)cc3c1C(C2)N(C)CC3. The molecular formula is C54H56N2O9. The minimum Gasteiger partial charge on any atom is -0.493 e. The molecule has 336 valence electrons.